The molecule has 2 atom stereocenters. The number of aromatic nitrogens is 1. The van der Waals surface area contributed by atoms with E-state index < -0.39 is 6.10 Å². The molecule has 1 N–H and O–H groups in total. The van der Waals surface area contributed by atoms with Crippen molar-refractivity contribution in [3.63, 3.8) is 0 Å². The van der Waals surface area contributed by atoms with Crippen LogP contribution in [-0.2, 0) is 6.42 Å². The van der Waals surface area contributed by atoms with E-state index in [1.54, 1.807) is 13.1 Å². The van der Waals surface area contributed by atoms with Crippen LogP contribution in [-0.4, -0.2) is 16.1 Å². The van der Waals surface area contributed by atoms with Crippen molar-refractivity contribution in [2.24, 2.45) is 0 Å². The van der Waals surface area contributed by atoms with Crippen molar-refractivity contribution in [2.75, 3.05) is 4.90 Å². The third kappa shape index (κ3) is 2.29. The maximum Gasteiger partial charge on any atom is 0.133 e. The Kier molecular flexibility index (Phi) is 3.45. The van der Waals surface area contributed by atoms with Gasteiger partial charge in [-0.15, -0.1) is 0 Å². The van der Waals surface area contributed by atoms with Crippen LogP contribution in [0, 0.1) is 0 Å². The fraction of sp³-hybridized carbons (Fsp3) is 0.353. The summed E-state index contributed by atoms with van der Waals surface area (Å²) in [7, 11) is 0. The van der Waals surface area contributed by atoms with E-state index in [9.17, 15) is 5.11 Å². The Labute approximate surface area is 119 Å². The van der Waals surface area contributed by atoms with Crippen LogP contribution in [0.3, 0.4) is 0 Å². The smallest absolute Gasteiger partial charge is 0.133 e. The van der Waals surface area contributed by atoms with Crippen LogP contribution in [0.4, 0.5) is 11.5 Å². The summed E-state index contributed by atoms with van der Waals surface area (Å²) in [5.74, 6) is 0.919. The van der Waals surface area contributed by atoms with Crippen molar-refractivity contribution in [1.29, 1.82) is 0 Å². The molecule has 1 aromatic heterocycles. The third-order valence-electron chi connectivity index (χ3n) is 4.02. The second-order valence-electron chi connectivity index (χ2n) is 5.51. The summed E-state index contributed by atoms with van der Waals surface area (Å²) in [6.07, 6.45) is 3.55. The molecule has 1 aliphatic rings. The molecule has 1 aromatic carbocycles. The van der Waals surface area contributed by atoms with E-state index in [1.165, 1.54) is 11.3 Å². The number of hydrogen-bond acceptors (Lipinski definition) is 3. The van der Waals surface area contributed by atoms with Gasteiger partial charge >= 0.3 is 0 Å². The summed E-state index contributed by atoms with van der Waals surface area (Å²) in [5, 5.41) is 9.76. The highest BCUT2D eigenvalue weighted by Gasteiger charge is 2.25. The maximum absolute atomic E-state index is 9.76. The van der Waals surface area contributed by atoms with Crippen molar-refractivity contribution in [3.05, 3.63) is 53.7 Å². The summed E-state index contributed by atoms with van der Waals surface area (Å²) in [6, 6.07) is 12.8. The number of rotatable bonds is 2. The van der Waals surface area contributed by atoms with E-state index in [0.29, 0.717) is 6.04 Å². The summed E-state index contributed by atoms with van der Waals surface area (Å²) >= 11 is 0. The van der Waals surface area contributed by atoms with Gasteiger partial charge in [0.15, 0.2) is 0 Å². The molecule has 2 heterocycles. The summed E-state index contributed by atoms with van der Waals surface area (Å²) in [4.78, 5) is 6.79. The van der Waals surface area contributed by atoms with Crippen LogP contribution < -0.4 is 4.90 Å². The van der Waals surface area contributed by atoms with Crippen molar-refractivity contribution in [3.8, 4) is 0 Å². The Balaban J connectivity index is 2.07. The molecule has 0 bridgehead atoms. The van der Waals surface area contributed by atoms with Crippen LogP contribution in [0.1, 0.15) is 37.5 Å². The number of hydrogen-bond donors (Lipinski definition) is 1. The van der Waals surface area contributed by atoms with Crippen LogP contribution >= 0.6 is 0 Å². The SMILES string of the molecule is CC1CCc2ccccc2N1c1cc([C@@H](C)O)ccn1. The predicted octanol–water partition coefficient (Wildman–Crippen LogP) is 3.61. The van der Waals surface area contributed by atoms with Crippen molar-refractivity contribution < 1.29 is 5.11 Å². The van der Waals surface area contributed by atoms with E-state index in [-0.39, 0.29) is 0 Å². The van der Waals surface area contributed by atoms with Gasteiger partial charge < -0.3 is 10.0 Å². The zero-order valence-electron chi connectivity index (χ0n) is 12.0. The van der Waals surface area contributed by atoms with Gasteiger partial charge in [-0.25, -0.2) is 4.98 Å². The molecule has 1 unspecified atom stereocenters. The number of fused-ring (bicyclic) bond motifs is 1. The van der Waals surface area contributed by atoms with Crippen LogP contribution in [0.5, 0.6) is 0 Å². The molecule has 1 aliphatic heterocycles. The molecule has 0 spiro atoms. The lowest BCUT2D eigenvalue weighted by atomic mass is 9.96. The average Bonchev–Trinajstić information content (AvgIpc) is 2.47. The standard InChI is InChI=1S/C17H20N2O/c1-12-7-8-14-5-3-4-6-16(14)19(12)17-11-15(13(2)20)9-10-18-17/h3-6,9-13,20H,7-8H2,1-2H3/t12?,13-/m1/s1. The first-order chi connectivity index (χ1) is 9.66. The number of para-hydroxylation sites is 1. The van der Waals surface area contributed by atoms with Gasteiger partial charge in [0.2, 0.25) is 0 Å². The van der Waals surface area contributed by atoms with Gasteiger partial charge in [-0.3, -0.25) is 0 Å². The van der Waals surface area contributed by atoms with Gasteiger partial charge in [0.05, 0.1) is 6.10 Å². The average molecular weight is 268 g/mol. The van der Waals surface area contributed by atoms with Gasteiger partial charge in [-0.05, 0) is 56.0 Å². The van der Waals surface area contributed by atoms with Gasteiger partial charge in [-0.1, -0.05) is 18.2 Å². The van der Waals surface area contributed by atoms with Crippen molar-refractivity contribution >= 4 is 11.5 Å². The quantitative estimate of drug-likeness (QED) is 0.904. The molecule has 3 heteroatoms. The number of aliphatic hydroxyl groups is 1. The molecule has 0 amide bonds. The number of aryl methyl sites for hydroxylation is 1. The number of anilines is 2. The molecular formula is C17H20N2O. The van der Waals surface area contributed by atoms with Crippen LogP contribution in [0.25, 0.3) is 0 Å². The molecule has 0 saturated carbocycles. The lowest BCUT2D eigenvalue weighted by Crippen LogP contribution is -2.33. The van der Waals surface area contributed by atoms with Crippen molar-refractivity contribution in [2.45, 2.75) is 38.8 Å². The zero-order chi connectivity index (χ0) is 14.1. The molecule has 2 aromatic rings. The van der Waals surface area contributed by atoms with Crippen LogP contribution in [0.2, 0.25) is 0 Å². The second kappa shape index (κ2) is 5.25. The fourth-order valence-electron chi connectivity index (χ4n) is 2.86. The van der Waals surface area contributed by atoms with Gasteiger partial charge in [0, 0.05) is 17.9 Å². The lowest BCUT2D eigenvalue weighted by molar-refractivity contribution is 0.199. The minimum absolute atomic E-state index is 0.418. The van der Waals surface area contributed by atoms with Crippen LogP contribution in [0.15, 0.2) is 42.6 Å². The summed E-state index contributed by atoms with van der Waals surface area (Å²) in [6.45, 7) is 4.01. The largest absolute Gasteiger partial charge is 0.389 e. The molecule has 0 aliphatic carbocycles. The normalized spacial score (nSPS) is 19.6. The topological polar surface area (TPSA) is 36.4 Å². The number of nitrogens with zero attached hydrogens (tertiary/aromatic N) is 2. The number of benzene rings is 1. The minimum atomic E-state index is -0.466. The highest BCUT2D eigenvalue weighted by molar-refractivity contribution is 5.66. The van der Waals surface area contributed by atoms with E-state index in [1.807, 2.05) is 12.1 Å². The van der Waals surface area contributed by atoms with E-state index in [4.69, 9.17) is 0 Å². The van der Waals surface area contributed by atoms with Gasteiger partial charge in [-0.2, -0.15) is 0 Å². The number of aliphatic hydroxyl groups excluding tert-OH is 1. The Morgan fingerprint density at radius 1 is 1.30 bits per heavy atom. The lowest BCUT2D eigenvalue weighted by Gasteiger charge is -2.36. The van der Waals surface area contributed by atoms with E-state index in [2.05, 4.69) is 41.1 Å². The van der Waals surface area contributed by atoms with E-state index >= 15 is 0 Å². The van der Waals surface area contributed by atoms with Gasteiger partial charge in [0.1, 0.15) is 5.82 Å². The van der Waals surface area contributed by atoms with E-state index in [0.717, 1.165) is 24.2 Å². The Morgan fingerprint density at radius 3 is 2.90 bits per heavy atom. The van der Waals surface area contributed by atoms with Gasteiger partial charge in [0.25, 0.3) is 0 Å². The Hall–Kier alpha value is -1.87. The number of pyridine rings is 1. The third-order valence-corrected chi connectivity index (χ3v) is 4.02. The van der Waals surface area contributed by atoms with Crippen molar-refractivity contribution in [1.82, 2.24) is 4.98 Å². The molecular weight excluding hydrogens is 248 g/mol. The first-order valence-corrected chi connectivity index (χ1v) is 7.18. The monoisotopic (exact) mass is 268 g/mol. The molecule has 3 nitrogen and oxygen atoms in total. The first-order valence-electron chi connectivity index (χ1n) is 7.18. The second-order valence-corrected chi connectivity index (χ2v) is 5.51. The molecule has 0 fully saturated rings. The fourth-order valence-corrected chi connectivity index (χ4v) is 2.86. The highest BCUT2D eigenvalue weighted by Crippen LogP contribution is 2.36. The molecule has 0 radical (unpaired) electrons. The molecule has 3 rings (SSSR count). The zero-order valence-corrected chi connectivity index (χ0v) is 12.0. The Bertz CT molecular complexity index is 609. The molecule has 0 saturated heterocycles. The Morgan fingerprint density at radius 2 is 2.10 bits per heavy atom. The first kappa shape index (κ1) is 13.1. The summed E-state index contributed by atoms with van der Waals surface area (Å²) in [5.41, 5.74) is 3.52. The molecule has 20 heavy (non-hydrogen) atoms. The maximum atomic E-state index is 9.76. The highest BCUT2D eigenvalue weighted by atomic mass is 16.3. The molecule has 104 valence electrons. The summed E-state index contributed by atoms with van der Waals surface area (Å²) < 4.78 is 0. The minimum Gasteiger partial charge on any atom is -0.389 e. The predicted molar refractivity (Wildman–Crippen MR) is 81.2 cm³/mol.